The number of hydrogen-bond donors (Lipinski definition) is 2. The predicted octanol–water partition coefficient (Wildman–Crippen LogP) is 3.05. The van der Waals surface area contributed by atoms with Gasteiger partial charge in [-0.3, -0.25) is 14.6 Å². The SMILES string of the molecule is O=C(NCc1ccccn1)C1CCCN(C(=O)CCc2c[nH]c3ccccc23)C1. The van der Waals surface area contributed by atoms with E-state index in [9.17, 15) is 9.59 Å². The maximum atomic E-state index is 12.8. The average Bonchev–Trinajstić information content (AvgIpc) is 3.20. The van der Waals surface area contributed by atoms with Gasteiger partial charge in [-0.1, -0.05) is 24.3 Å². The maximum Gasteiger partial charge on any atom is 0.225 e. The van der Waals surface area contributed by atoms with E-state index >= 15 is 0 Å². The number of hydrogen-bond acceptors (Lipinski definition) is 3. The van der Waals surface area contributed by atoms with Crippen molar-refractivity contribution in [2.75, 3.05) is 13.1 Å². The summed E-state index contributed by atoms with van der Waals surface area (Å²) >= 11 is 0. The molecule has 1 unspecified atom stereocenters. The van der Waals surface area contributed by atoms with E-state index < -0.39 is 0 Å². The van der Waals surface area contributed by atoms with Crippen LogP contribution in [0.1, 0.15) is 30.5 Å². The number of nitrogens with zero attached hydrogens (tertiary/aromatic N) is 2. The quantitative estimate of drug-likeness (QED) is 0.679. The standard InChI is InChI=1S/C23H26N4O2/c28-22(11-10-17-14-25-21-9-2-1-8-20(17)21)27-13-5-6-18(16-27)23(29)26-15-19-7-3-4-12-24-19/h1-4,7-9,12,14,18,25H,5-6,10-11,13,15-16H2,(H,26,29). The Hall–Kier alpha value is -3.15. The van der Waals surface area contributed by atoms with Gasteiger partial charge >= 0.3 is 0 Å². The molecule has 0 radical (unpaired) electrons. The molecule has 3 heterocycles. The predicted molar refractivity (Wildman–Crippen MR) is 112 cm³/mol. The van der Waals surface area contributed by atoms with Crippen molar-refractivity contribution < 1.29 is 9.59 Å². The van der Waals surface area contributed by atoms with E-state index in [1.807, 2.05) is 47.5 Å². The zero-order valence-electron chi connectivity index (χ0n) is 16.4. The molecule has 0 bridgehead atoms. The van der Waals surface area contributed by atoms with Crippen molar-refractivity contribution in [1.29, 1.82) is 0 Å². The number of rotatable bonds is 6. The minimum atomic E-state index is -0.149. The number of amides is 2. The highest BCUT2D eigenvalue weighted by atomic mass is 16.2. The lowest BCUT2D eigenvalue weighted by Crippen LogP contribution is -2.45. The lowest BCUT2D eigenvalue weighted by atomic mass is 9.96. The molecule has 1 aliphatic rings. The van der Waals surface area contributed by atoms with Crippen LogP contribution in [0.25, 0.3) is 10.9 Å². The van der Waals surface area contributed by atoms with Crippen LogP contribution in [-0.2, 0) is 22.6 Å². The minimum Gasteiger partial charge on any atom is -0.361 e. The number of piperidine rings is 1. The highest BCUT2D eigenvalue weighted by Gasteiger charge is 2.28. The van der Waals surface area contributed by atoms with E-state index in [1.54, 1.807) is 6.20 Å². The number of likely N-dealkylation sites (tertiary alicyclic amines) is 1. The number of aromatic nitrogens is 2. The zero-order valence-corrected chi connectivity index (χ0v) is 16.4. The monoisotopic (exact) mass is 390 g/mol. The molecule has 2 N–H and O–H groups in total. The number of nitrogens with one attached hydrogen (secondary N) is 2. The molecule has 0 spiro atoms. The number of aromatic amines is 1. The molecule has 1 atom stereocenters. The molecule has 29 heavy (non-hydrogen) atoms. The Morgan fingerprint density at radius 2 is 2.03 bits per heavy atom. The van der Waals surface area contributed by atoms with Crippen molar-refractivity contribution in [3.05, 3.63) is 66.1 Å². The highest BCUT2D eigenvalue weighted by Crippen LogP contribution is 2.21. The molecule has 4 rings (SSSR count). The number of H-pyrrole nitrogens is 1. The van der Waals surface area contributed by atoms with Crippen molar-refractivity contribution in [3.63, 3.8) is 0 Å². The Morgan fingerprint density at radius 1 is 1.17 bits per heavy atom. The molecule has 6 nitrogen and oxygen atoms in total. The van der Waals surface area contributed by atoms with E-state index in [4.69, 9.17) is 0 Å². The second-order valence-corrected chi connectivity index (χ2v) is 7.58. The van der Waals surface area contributed by atoms with Crippen LogP contribution < -0.4 is 5.32 Å². The summed E-state index contributed by atoms with van der Waals surface area (Å²) in [4.78, 5) is 34.6. The van der Waals surface area contributed by atoms with Gasteiger partial charge in [0.05, 0.1) is 18.2 Å². The molecule has 3 aromatic rings. The summed E-state index contributed by atoms with van der Waals surface area (Å²) in [6, 6.07) is 13.8. The molecule has 150 valence electrons. The van der Waals surface area contributed by atoms with Crippen molar-refractivity contribution in [3.8, 4) is 0 Å². The molecular formula is C23H26N4O2. The van der Waals surface area contributed by atoms with E-state index in [2.05, 4.69) is 21.4 Å². The van der Waals surface area contributed by atoms with Gasteiger partial charge in [0.15, 0.2) is 0 Å². The molecule has 2 aromatic heterocycles. The summed E-state index contributed by atoms with van der Waals surface area (Å²) in [6.07, 6.45) is 6.55. The van der Waals surface area contributed by atoms with Gasteiger partial charge in [-0.25, -0.2) is 0 Å². The smallest absolute Gasteiger partial charge is 0.225 e. The average molecular weight is 390 g/mol. The van der Waals surface area contributed by atoms with Gasteiger partial charge in [-0.2, -0.15) is 0 Å². The van der Waals surface area contributed by atoms with Crippen LogP contribution in [0.3, 0.4) is 0 Å². The van der Waals surface area contributed by atoms with Crippen LogP contribution in [-0.4, -0.2) is 39.8 Å². The van der Waals surface area contributed by atoms with Crippen molar-refractivity contribution in [2.45, 2.75) is 32.2 Å². The number of fused-ring (bicyclic) bond motifs is 1. The minimum absolute atomic E-state index is 0.00443. The summed E-state index contributed by atoms with van der Waals surface area (Å²) in [6.45, 7) is 1.65. The number of aryl methyl sites for hydroxylation is 1. The summed E-state index contributed by atoms with van der Waals surface area (Å²) in [5.74, 6) is -0.0215. The normalized spacial score (nSPS) is 16.7. The fourth-order valence-corrected chi connectivity index (χ4v) is 3.98. The van der Waals surface area contributed by atoms with Gasteiger partial charge < -0.3 is 15.2 Å². The second-order valence-electron chi connectivity index (χ2n) is 7.58. The Morgan fingerprint density at radius 3 is 2.90 bits per heavy atom. The Balaban J connectivity index is 1.29. The van der Waals surface area contributed by atoms with E-state index in [0.717, 1.165) is 36.2 Å². The number of carbonyl (C=O) groups is 2. The molecule has 6 heteroatoms. The molecule has 0 saturated carbocycles. The van der Waals surface area contributed by atoms with Crippen LogP contribution in [0, 0.1) is 5.92 Å². The van der Waals surface area contributed by atoms with Crippen LogP contribution in [0.2, 0.25) is 0 Å². The lowest BCUT2D eigenvalue weighted by Gasteiger charge is -2.32. The van der Waals surface area contributed by atoms with Crippen molar-refractivity contribution in [2.24, 2.45) is 5.92 Å². The Bertz CT molecular complexity index is 983. The molecule has 1 aromatic carbocycles. The molecule has 1 saturated heterocycles. The van der Waals surface area contributed by atoms with Crippen LogP contribution in [0.15, 0.2) is 54.9 Å². The molecular weight excluding hydrogens is 364 g/mol. The first-order chi connectivity index (χ1) is 14.2. The fraction of sp³-hybridized carbons (Fsp3) is 0.348. The van der Waals surface area contributed by atoms with Crippen LogP contribution in [0.5, 0.6) is 0 Å². The van der Waals surface area contributed by atoms with E-state index in [-0.39, 0.29) is 17.7 Å². The summed E-state index contributed by atoms with van der Waals surface area (Å²) in [5, 5.41) is 4.13. The number of benzene rings is 1. The first-order valence-corrected chi connectivity index (χ1v) is 10.2. The molecule has 0 aliphatic carbocycles. The molecule has 1 fully saturated rings. The third-order valence-corrected chi connectivity index (χ3v) is 5.60. The van der Waals surface area contributed by atoms with Gasteiger partial charge in [0.2, 0.25) is 11.8 Å². The third-order valence-electron chi connectivity index (χ3n) is 5.60. The Labute approximate surface area is 170 Å². The largest absolute Gasteiger partial charge is 0.361 e. The first-order valence-electron chi connectivity index (χ1n) is 10.2. The lowest BCUT2D eigenvalue weighted by molar-refractivity contribution is -0.135. The number of carbonyl (C=O) groups excluding carboxylic acids is 2. The van der Waals surface area contributed by atoms with Crippen LogP contribution >= 0.6 is 0 Å². The summed E-state index contributed by atoms with van der Waals surface area (Å²) in [7, 11) is 0. The topological polar surface area (TPSA) is 78.1 Å². The van der Waals surface area contributed by atoms with Crippen molar-refractivity contribution >= 4 is 22.7 Å². The van der Waals surface area contributed by atoms with Gasteiger partial charge in [0.1, 0.15) is 0 Å². The zero-order chi connectivity index (χ0) is 20.1. The van der Waals surface area contributed by atoms with Crippen molar-refractivity contribution in [1.82, 2.24) is 20.2 Å². The molecule has 2 amide bonds. The summed E-state index contributed by atoms with van der Waals surface area (Å²) < 4.78 is 0. The van der Waals surface area contributed by atoms with E-state index in [0.29, 0.717) is 25.9 Å². The van der Waals surface area contributed by atoms with E-state index in [1.165, 1.54) is 5.39 Å². The van der Waals surface area contributed by atoms with Gasteiger partial charge in [-0.15, -0.1) is 0 Å². The van der Waals surface area contributed by atoms with Crippen LogP contribution in [0.4, 0.5) is 0 Å². The number of para-hydroxylation sites is 1. The molecule has 1 aliphatic heterocycles. The number of pyridine rings is 1. The Kier molecular flexibility index (Phi) is 5.89. The first kappa shape index (κ1) is 19.2. The maximum absolute atomic E-state index is 12.8. The van der Waals surface area contributed by atoms with Gasteiger partial charge in [0, 0.05) is 42.8 Å². The highest BCUT2D eigenvalue weighted by molar-refractivity contribution is 5.84. The van der Waals surface area contributed by atoms with Gasteiger partial charge in [0.25, 0.3) is 0 Å². The fourth-order valence-electron chi connectivity index (χ4n) is 3.98. The van der Waals surface area contributed by atoms with Gasteiger partial charge in [-0.05, 0) is 43.0 Å². The summed E-state index contributed by atoms with van der Waals surface area (Å²) in [5.41, 5.74) is 3.09. The second kappa shape index (κ2) is 8.90. The third kappa shape index (κ3) is 4.65.